The summed E-state index contributed by atoms with van der Waals surface area (Å²) in [5.74, 6) is -1.68. The Morgan fingerprint density at radius 2 is 1.56 bits per heavy atom. The van der Waals surface area contributed by atoms with Gasteiger partial charge in [-0.25, -0.2) is 9.59 Å². The second-order valence-corrected chi connectivity index (χ2v) is 10.9. The molecule has 0 radical (unpaired) electrons. The van der Waals surface area contributed by atoms with Crippen molar-refractivity contribution < 1.29 is 28.6 Å². The molecule has 138 valence electrons. The number of methoxy groups -OCH3 is 2. The summed E-state index contributed by atoms with van der Waals surface area (Å²) >= 11 is 0. The highest BCUT2D eigenvalue weighted by atomic mass is 28.4. The van der Waals surface area contributed by atoms with E-state index < -0.39 is 32.5 Å². The van der Waals surface area contributed by atoms with Gasteiger partial charge in [0.25, 0.3) is 0 Å². The number of carbonyl (C=O) groups is 2. The molecule has 1 aliphatic rings. The molecule has 0 unspecified atom stereocenters. The van der Waals surface area contributed by atoms with Gasteiger partial charge in [-0.15, -0.1) is 0 Å². The van der Waals surface area contributed by atoms with Crippen LogP contribution in [0.2, 0.25) is 11.1 Å². The first-order chi connectivity index (χ1) is 11.9. The van der Waals surface area contributed by atoms with Crippen LogP contribution in [0.25, 0.3) is 0 Å². The molecule has 0 spiro atoms. The Hall–Kier alpha value is -1.70. The fourth-order valence-corrected chi connectivity index (χ4v) is 9.05. The molecule has 7 heteroatoms. The molecular weight excluding hydrogens is 340 g/mol. The molecule has 0 bridgehead atoms. The third-order valence-electron chi connectivity index (χ3n) is 5.21. The van der Waals surface area contributed by atoms with Gasteiger partial charge in [-0.05, 0) is 16.3 Å². The van der Waals surface area contributed by atoms with Crippen molar-refractivity contribution in [3.63, 3.8) is 0 Å². The Bertz CT molecular complexity index is 595. The minimum absolute atomic E-state index is 0.238. The number of aliphatic hydroxyl groups excluding tert-OH is 1. The zero-order valence-corrected chi connectivity index (χ0v) is 16.1. The van der Waals surface area contributed by atoms with Crippen LogP contribution in [0.3, 0.4) is 0 Å². The second kappa shape index (κ2) is 8.12. The lowest BCUT2D eigenvalue weighted by Gasteiger charge is -2.38. The number of benzene rings is 1. The van der Waals surface area contributed by atoms with Gasteiger partial charge in [0.05, 0.1) is 14.2 Å². The number of hydrogen-bond donors (Lipinski definition) is 1. The van der Waals surface area contributed by atoms with E-state index in [1.807, 2.05) is 30.3 Å². The van der Waals surface area contributed by atoms with Crippen molar-refractivity contribution in [2.24, 2.45) is 0 Å². The van der Waals surface area contributed by atoms with Gasteiger partial charge in [0.15, 0.2) is 12.2 Å². The Balaban J connectivity index is 2.47. The Kier molecular flexibility index (Phi) is 6.37. The van der Waals surface area contributed by atoms with Gasteiger partial charge in [-0.2, -0.15) is 0 Å². The van der Waals surface area contributed by atoms with Crippen LogP contribution in [0.4, 0.5) is 0 Å². The summed E-state index contributed by atoms with van der Waals surface area (Å²) in [6, 6.07) is 9.81. The minimum Gasteiger partial charge on any atom is -0.467 e. The lowest BCUT2D eigenvalue weighted by Crippen LogP contribution is -2.60. The molecule has 1 N–H and O–H groups in total. The molecular formula is C18H26O6Si. The summed E-state index contributed by atoms with van der Waals surface area (Å²) in [5, 5.41) is 11.3. The van der Waals surface area contributed by atoms with Crippen molar-refractivity contribution in [3.05, 3.63) is 30.3 Å². The van der Waals surface area contributed by atoms with Crippen molar-refractivity contribution >= 4 is 25.4 Å². The molecule has 1 aromatic rings. The number of ether oxygens (including phenoxy) is 2. The molecule has 0 saturated carbocycles. The van der Waals surface area contributed by atoms with E-state index >= 15 is 0 Å². The highest BCUT2D eigenvalue weighted by molar-refractivity contribution is 6.89. The normalized spacial score (nSPS) is 24.4. The van der Waals surface area contributed by atoms with Gasteiger partial charge in [-0.1, -0.05) is 57.0 Å². The minimum atomic E-state index is -2.65. The fourth-order valence-electron chi connectivity index (χ4n) is 3.79. The van der Waals surface area contributed by atoms with E-state index in [0.29, 0.717) is 0 Å². The average Bonchev–Trinajstić information content (AvgIpc) is 2.93. The maximum atomic E-state index is 12.3. The molecule has 0 aromatic heterocycles. The van der Waals surface area contributed by atoms with Crippen LogP contribution in [-0.2, 0) is 23.5 Å². The predicted molar refractivity (Wildman–Crippen MR) is 94.8 cm³/mol. The average molecular weight is 366 g/mol. The van der Waals surface area contributed by atoms with Gasteiger partial charge < -0.3 is 19.0 Å². The molecule has 1 saturated heterocycles. The first kappa shape index (κ1) is 19.6. The van der Waals surface area contributed by atoms with Crippen LogP contribution in [-0.4, -0.2) is 51.8 Å². The van der Waals surface area contributed by atoms with E-state index in [2.05, 4.69) is 18.6 Å². The van der Waals surface area contributed by atoms with E-state index in [1.54, 1.807) is 0 Å². The number of carbonyl (C=O) groups excluding carboxylic acids is 2. The second-order valence-electron chi connectivity index (χ2n) is 6.57. The first-order valence-corrected chi connectivity index (χ1v) is 10.5. The topological polar surface area (TPSA) is 82.1 Å². The highest BCUT2D eigenvalue weighted by Crippen LogP contribution is 2.47. The van der Waals surface area contributed by atoms with E-state index in [-0.39, 0.29) is 11.1 Å². The Morgan fingerprint density at radius 1 is 1.04 bits per heavy atom. The number of aliphatic hydroxyl groups is 1. The largest absolute Gasteiger partial charge is 0.467 e. The smallest absolute Gasteiger partial charge is 0.338 e. The van der Waals surface area contributed by atoms with Gasteiger partial charge in [0.1, 0.15) is 0 Å². The lowest BCUT2D eigenvalue weighted by molar-refractivity contribution is -0.168. The number of esters is 2. The number of rotatable bonds is 6. The third-order valence-corrected chi connectivity index (χ3v) is 10.6. The zero-order chi connectivity index (χ0) is 18.6. The maximum absolute atomic E-state index is 12.3. The summed E-state index contributed by atoms with van der Waals surface area (Å²) in [4.78, 5) is 24.1. The van der Waals surface area contributed by atoms with E-state index in [1.165, 1.54) is 7.11 Å². The SMILES string of the molecule is COC(=O)[C@H](O)[C@@H](O[Si]1(c2ccccc2)[C@@H](C)CC[C@@H]1C)C(=O)OC. The summed E-state index contributed by atoms with van der Waals surface area (Å²) in [6.45, 7) is 4.23. The van der Waals surface area contributed by atoms with E-state index in [9.17, 15) is 14.7 Å². The van der Waals surface area contributed by atoms with Gasteiger partial charge in [-0.3, -0.25) is 0 Å². The van der Waals surface area contributed by atoms with Gasteiger partial charge in [0.2, 0.25) is 8.32 Å². The van der Waals surface area contributed by atoms with Crippen LogP contribution in [0.1, 0.15) is 26.7 Å². The van der Waals surface area contributed by atoms with Gasteiger partial charge in [0, 0.05) is 0 Å². The molecule has 0 amide bonds. The first-order valence-electron chi connectivity index (χ1n) is 8.45. The summed E-state index contributed by atoms with van der Waals surface area (Å²) < 4.78 is 15.7. The standard InChI is InChI=1S/C18H26O6Si/c1-12-10-11-13(2)25(12,14-8-6-5-7-9-14)24-16(18(21)23-4)15(19)17(20)22-3/h5-9,12-13,15-16,19H,10-11H2,1-4H3/t12-,13-,15+,16+/m0/s1. The highest BCUT2D eigenvalue weighted by Gasteiger charge is 2.55. The Morgan fingerprint density at radius 3 is 2.04 bits per heavy atom. The van der Waals surface area contributed by atoms with Crippen LogP contribution in [0.5, 0.6) is 0 Å². The lowest BCUT2D eigenvalue weighted by atomic mass is 10.2. The zero-order valence-electron chi connectivity index (χ0n) is 15.1. The summed E-state index contributed by atoms with van der Waals surface area (Å²) in [6.07, 6.45) is -1.16. The van der Waals surface area contributed by atoms with Crippen molar-refractivity contribution in [3.8, 4) is 0 Å². The predicted octanol–water partition coefficient (Wildman–Crippen LogP) is 1.51. The molecule has 1 fully saturated rings. The monoisotopic (exact) mass is 366 g/mol. The van der Waals surface area contributed by atoms with Crippen LogP contribution >= 0.6 is 0 Å². The molecule has 1 aromatic carbocycles. The van der Waals surface area contributed by atoms with Crippen LogP contribution in [0.15, 0.2) is 30.3 Å². The summed E-state index contributed by atoms with van der Waals surface area (Å²) in [7, 11) is -0.280. The molecule has 25 heavy (non-hydrogen) atoms. The molecule has 0 aliphatic carbocycles. The van der Waals surface area contributed by atoms with Crippen molar-refractivity contribution in [2.45, 2.75) is 50.0 Å². The maximum Gasteiger partial charge on any atom is 0.338 e. The van der Waals surface area contributed by atoms with Crippen LogP contribution in [0, 0.1) is 0 Å². The van der Waals surface area contributed by atoms with Crippen molar-refractivity contribution in [1.82, 2.24) is 0 Å². The van der Waals surface area contributed by atoms with E-state index in [0.717, 1.165) is 25.1 Å². The van der Waals surface area contributed by atoms with E-state index in [4.69, 9.17) is 9.16 Å². The van der Waals surface area contributed by atoms with Crippen LogP contribution < -0.4 is 5.19 Å². The third kappa shape index (κ3) is 3.63. The van der Waals surface area contributed by atoms with Gasteiger partial charge >= 0.3 is 11.9 Å². The Labute approximate surface area is 149 Å². The molecule has 1 aliphatic heterocycles. The molecule has 6 nitrogen and oxygen atoms in total. The summed E-state index contributed by atoms with van der Waals surface area (Å²) in [5.41, 5.74) is 0.476. The van der Waals surface area contributed by atoms with Crippen molar-refractivity contribution in [1.29, 1.82) is 0 Å². The number of hydrogen-bond acceptors (Lipinski definition) is 6. The fraction of sp³-hybridized carbons (Fsp3) is 0.556. The molecule has 4 atom stereocenters. The molecule has 2 rings (SSSR count). The molecule has 1 heterocycles. The quantitative estimate of drug-likeness (QED) is 0.607. The van der Waals surface area contributed by atoms with Crippen molar-refractivity contribution in [2.75, 3.05) is 14.2 Å².